The molecule has 0 fully saturated rings. The van der Waals surface area contributed by atoms with Gasteiger partial charge in [-0.15, -0.1) is 11.3 Å². The molecule has 6 heteroatoms. The molecule has 0 aliphatic rings. The summed E-state index contributed by atoms with van der Waals surface area (Å²) in [7, 11) is 0. The summed E-state index contributed by atoms with van der Waals surface area (Å²) in [4.78, 5) is 15.7. The number of thiazole rings is 1. The zero-order chi connectivity index (χ0) is 17.6. The second-order valence-electron chi connectivity index (χ2n) is 6.37. The van der Waals surface area contributed by atoms with Gasteiger partial charge in [0.15, 0.2) is 0 Å². The fraction of sp³-hybridized carbons (Fsp3) is 0.389. The molecule has 1 heterocycles. The lowest BCUT2D eigenvalue weighted by molar-refractivity contribution is -0.142. The number of nitrogens with zero attached hydrogens (tertiary/aromatic N) is 2. The molecule has 0 unspecified atom stereocenters. The summed E-state index contributed by atoms with van der Waals surface area (Å²) in [6.45, 7) is 8.73. The van der Waals surface area contributed by atoms with Crippen molar-refractivity contribution in [3.63, 3.8) is 0 Å². The Bertz CT molecular complexity index is 700. The summed E-state index contributed by atoms with van der Waals surface area (Å²) in [5, 5.41) is 6.67. The predicted molar refractivity (Wildman–Crippen MR) is 98.8 cm³/mol. The van der Waals surface area contributed by atoms with Crippen LogP contribution in [0.2, 0.25) is 0 Å². The summed E-state index contributed by atoms with van der Waals surface area (Å²) in [5.74, 6) is -0.267. The van der Waals surface area contributed by atoms with Crippen molar-refractivity contribution in [2.75, 3.05) is 12.0 Å². The number of hydrazone groups is 1. The summed E-state index contributed by atoms with van der Waals surface area (Å²) in [6.07, 6.45) is 1.93. The van der Waals surface area contributed by atoms with E-state index in [2.05, 4.69) is 48.4 Å². The van der Waals surface area contributed by atoms with Crippen LogP contribution < -0.4 is 5.43 Å². The topological polar surface area (TPSA) is 63.6 Å². The van der Waals surface area contributed by atoms with Crippen LogP contribution >= 0.6 is 11.3 Å². The molecule has 0 aliphatic carbocycles. The zero-order valence-corrected chi connectivity index (χ0v) is 15.3. The minimum absolute atomic E-state index is 0.143. The fourth-order valence-corrected chi connectivity index (χ4v) is 2.69. The van der Waals surface area contributed by atoms with Gasteiger partial charge in [0.2, 0.25) is 5.13 Å². The first-order chi connectivity index (χ1) is 11.4. The highest BCUT2D eigenvalue weighted by Gasteiger charge is 2.12. The smallest absolute Gasteiger partial charge is 0.311 e. The molecule has 1 N–H and O–H groups in total. The summed E-state index contributed by atoms with van der Waals surface area (Å²) >= 11 is 1.41. The van der Waals surface area contributed by atoms with Crippen molar-refractivity contribution in [2.24, 2.45) is 5.10 Å². The average molecular weight is 345 g/mol. The van der Waals surface area contributed by atoms with E-state index in [9.17, 15) is 4.79 Å². The lowest BCUT2D eigenvalue weighted by atomic mass is 9.87. The van der Waals surface area contributed by atoms with Gasteiger partial charge in [-0.3, -0.25) is 10.2 Å². The first kappa shape index (κ1) is 18.1. The second-order valence-corrected chi connectivity index (χ2v) is 7.23. The number of anilines is 1. The molecule has 0 atom stereocenters. The van der Waals surface area contributed by atoms with Crippen LogP contribution in [-0.4, -0.2) is 23.8 Å². The number of carbonyl (C=O) groups excluding carboxylic acids is 1. The maximum absolute atomic E-state index is 11.4. The average Bonchev–Trinajstić information content (AvgIpc) is 2.94. The van der Waals surface area contributed by atoms with Gasteiger partial charge in [0.1, 0.15) is 0 Å². The molecule has 24 heavy (non-hydrogen) atoms. The van der Waals surface area contributed by atoms with Gasteiger partial charge in [0, 0.05) is 5.38 Å². The Morgan fingerprint density at radius 1 is 1.33 bits per heavy atom. The third-order valence-electron chi connectivity index (χ3n) is 3.33. The Balaban J connectivity index is 1.90. The molecule has 0 aliphatic heterocycles. The van der Waals surface area contributed by atoms with Crippen LogP contribution in [0.1, 0.15) is 44.5 Å². The third-order valence-corrected chi connectivity index (χ3v) is 4.13. The number of hydrogen-bond donors (Lipinski definition) is 1. The molecule has 128 valence electrons. The van der Waals surface area contributed by atoms with Crippen LogP contribution in [0.25, 0.3) is 0 Å². The number of hydrogen-bond acceptors (Lipinski definition) is 6. The molecule has 0 radical (unpaired) electrons. The number of rotatable bonds is 6. The summed E-state index contributed by atoms with van der Waals surface area (Å²) in [6, 6.07) is 8.31. The molecule has 2 aromatic rings. The highest BCUT2D eigenvalue weighted by molar-refractivity contribution is 7.13. The van der Waals surface area contributed by atoms with Crippen LogP contribution in [0.15, 0.2) is 34.7 Å². The van der Waals surface area contributed by atoms with Crippen LogP contribution in [0.5, 0.6) is 0 Å². The van der Waals surface area contributed by atoms with Crippen molar-refractivity contribution >= 4 is 28.7 Å². The van der Waals surface area contributed by atoms with E-state index in [0.717, 1.165) is 5.56 Å². The van der Waals surface area contributed by atoms with Crippen LogP contribution in [0.3, 0.4) is 0 Å². The van der Waals surface area contributed by atoms with E-state index < -0.39 is 0 Å². The number of nitrogens with one attached hydrogen (secondary N) is 1. The van der Waals surface area contributed by atoms with Gasteiger partial charge in [-0.1, -0.05) is 45.0 Å². The van der Waals surface area contributed by atoms with E-state index >= 15 is 0 Å². The van der Waals surface area contributed by atoms with Crippen molar-refractivity contribution < 1.29 is 9.53 Å². The molecule has 0 amide bonds. The first-order valence-electron chi connectivity index (χ1n) is 7.88. The third kappa shape index (κ3) is 5.45. The maximum Gasteiger partial charge on any atom is 0.311 e. The molecule has 1 aromatic heterocycles. The number of benzene rings is 1. The van der Waals surface area contributed by atoms with E-state index in [1.54, 1.807) is 13.1 Å². The fourth-order valence-electron chi connectivity index (χ4n) is 2.03. The normalized spacial score (nSPS) is 11.7. The van der Waals surface area contributed by atoms with Crippen LogP contribution in [-0.2, 0) is 21.4 Å². The number of aromatic nitrogens is 1. The minimum Gasteiger partial charge on any atom is -0.466 e. The van der Waals surface area contributed by atoms with E-state index in [1.165, 1.54) is 16.9 Å². The van der Waals surface area contributed by atoms with Crippen molar-refractivity contribution in [1.29, 1.82) is 0 Å². The summed E-state index contributed by atoms with van der Waals surface area (Å²) in [5.41, 5.74) is 6.02. The zero-order valence-electron chi connectivity index (χ0n) is 14.5. The molecule has 0 bridgehead atoms. The van der Waals surface area contributed by atoms with Gasteiger partial charge in [0.25, 0.3) is 0 Å². The molecule has 0 saturated heterocycles. The van der Waals surface area contributed by atoms with Crippen molar-refractivity contribution in [3.8, 4) is 0 Å². The largest absolute Gasteiger partial charge is 0.466 e. The lowest BCUT2D eigenvalue weighted by Gasteiger charge is -2.18. The van der Waals surface area contributed by atoms with Crippen LogP contribution in [0.4, 0.5) is 5.13 Å². The van der Waals surface area contributed by atoms with E-state index in [4.69, 9.17) is 4.74 Å². The second kappa shape index (κ2) is 8.06. The minimum atomic E-state index is -0.267. The predicted octanol–water partition coefficient (Wildman–Crippen LogP) is 3.99. The Hall–Kier alpha value is -2.21. The molecular weight excluding hydrogens is 322 g/mol. The van der Waals surface area contributed by atoms with E-state index in [-0.39, 0.29) is 17.8 Å². The van der Waals surface area contributed by atoms with E-state index in [0.29, 0.717) is 17.4 Å². The van der Waals surface area contributed by atoms with E-state index in [1.807, 2.05) is 17.5 Å². The molecule has 5 nitrogen and oxygen atoms in total. The van der Waals surface area contributed by atoms with Gasteiger partial charge in [-0.05, 0) is 23.5 Å². The monoisotopic (exact) mass is 345 g/mol. The molecular formula is C18H23N3O2S. The standard InChI is InChI=1S/C18H23N3O2S/c1-5-23-16(22)10-15-12-24-17(20-15)21-19-11-13-6-8-14(9-7-13)18(2,3)4/h6-9,11-12H,5,10H2,1-4H3,(H,20,21). The number of carbonyl (C=O) groups is 1. The lowest BCUT2D eigenvalue weighted by Crippen LogP contribution is -2.10. The van der Waals surface area contributed by atoms with Gasteiger partial charge in [-0.25, -0.2) is 4.98 Å². The summed E-state index contributed by atoms with van der Waals surface area (Å²) < 4.78 is 4.90. The highest BCUT2D eigenvalue weighted by Crippen LogP contribution is 2.22. The number of ether oxygens (including phenoxy) is 1. The highest BCUT2D eigenvalue weighted by atomic mass is 32.1. The van der Waals surface area contributed by atoms with Crippen molar-refractivity contribution in [2.45, 2.75) is 39.5 Å². The van der Waals surface area contributed by atoms with Crippen molar-refractivity contribution in [3.05, 3.63) is 46.5 Å². The Morgan fingerprint density at radius 2 is 2.04 bits per heavy atom. The van der Waals surface area contributed by atoms with Gasteiger partial charge in [-0.2, -0.15) is 5.10 Å². The Labute approximate surface area is 146 Å². The molecule has 1 aromatic carbocycles. The first-order valence-corrected chi connectivity index (χ1v) is 8.76. The number of esters is 1. The van der Waals surface area contributed by atoms with Gasteiger partial charge < -0.3 is 4.74 Å². The molecule has 0 spiro atoms. The maximum atomic E-state index is 11.4. The Morgan fingerprint density at radius 3 is 2.67 bits per heavy atom. The van der Waals surface area contributed by atoms with Gasteiger partial charge in [0.05, 0.1) is 24.9 Å². The molecule has 2 rings (SSSR count). The Kier molecular flexibility index (Phi) is 6.09. The van der Waals surface area contributed by atoms with Crippen LogP contribution in [0, 0.1) is 0 Å². The van der Waals surface area contributed by atoms with Gasteiger partial charge >= 0.3 is 5.97 Å². The molecule has 0 saturated carbocycles. The quantitative estimate of drug-likeness (QED) is 0.488. The SMILES string of the molecule is CCOC(=O)Cc1csc(NN=Cc2ccc(C(C)(C)C)cc2)n1. The van der Waals surface area contributed by atoms with Crippen molar-refractivity contribution in [1.82, 2.24) is 4.98 Å².